The molecule has 9 aromatic carbocycles. The fraction of sp³-hybridized carbons (Fsp3) is 0.0182. The molecule has 0 fully saturated rings. The van der Waals surface area contributed by atoms with Crippen LogP contribution in [0.5, 0.6) is 0 Å². The largest absolute Gasteiger partial charge is 0.0602 e. The molecule has 3 heteroatoms. The fourth-order valence-electron chi connectivity index (χ4n) is 9.24. The van der Waals surface area contributed by atoms with Gasteiger partial charge in [-0.15, -0.1) is 0 Å². The number of aromatic nitrogens is 1. The second-order valence-electron chi connectivity index (χ2n) is 15.3. The van der Waals surface area contributed by atoms with E-state index in [0.29, 0.717) is 14.5 Å². The van der Waals surface area contributed by atoms with Crippen molar-refractivity contribution in [3.8, 4) is 39.1 Å². The summed E-state index contributed by atoms with van der Waals surface area (Å²) in [5, 5.41) is 5.31. The minimum absolute atomic E-state index is 0.338. The molecule has 2 aromatic heterocycles. The molecule has 0 aliphatic heterocycles. The number of hydrogen-bond acceptors (Lipinski definition) is 1. The molecule has 0 atom stereocenters. The number of hydrogen-bond donors (Lipinski definition) is 0. The average Bonchev–Trinajstić information content (AvgIpc) is 3.96. The van der Waals surface area contributed by atoms with E-state index in [1.807, 2.05) is 0 Å². The fourth-order valence-corrected chi connectivity index (χ4v) is 11.6. The Morgan fingerprint density at radius 1 is 0.362 bits per heavy atom. The van der Waals surface area contributed by atoms with E-state index in [0.717, 1.165) is 17.8 Å². The monoisotopic (exact) mass is 804 g/mol. The number of rotatable bonds is 6. The van der Waals surface area contributed by atoms with E-state index in [4.69, 9.17) is 0 Å². The molecule has 0 N–H and O–H groups in total. The summed E-state index contributed by atoms with van der Waals surface area (Å²) >= 11 is 0.338. The maximum absolute atomic E-state index is 2.41. The Balaban J connectivity index is 0.931. The van der Waals surface area contributed by atoms with Gasteiger partial charge in [0.05, 0.1) is 11.0 Å². The molecule has 2 heterocycles. The van der Waals surface area contributed by atoms with E-state index in [1.54, 1.807) is 0 Å². The Labute approximate surface area is 343 Å². The Morgan fingerprint density at radius 2 is 0.948 bits per heavy atom. The third-order valence-electron chi connectivity index (χ3n) is 12.0. The molecule has 0 unspecified atom stereocenters. The van der Waals surface area contributed by atoms with E-state index in [1.165, 1.54) is 97.0 Å². The summed E-state index contributed by atoms with van der Waals surface area (Å²) in [6.45, 7) is 0. The molecule has 0 radical (unpaired) electrons. The van der Waals surface area contributed by atoms with E-state index >= 15 is 0 Å². The number of benzene rings is 9. The second kappa shape index (κ2) is 13.4. The van der Waals surface area contributed by atoms with Crippen LogP contribution in [0.4, 0.5) is 17.1 Å². The van der Waals surface area contributed by atoms with E-state index in [-0.39, 0.29) is 0 Å². The first-order valence-corrected chi connectivity index (χ1v) is 21.7. The Morgan fingerprint density at radius 3 is 1.76 bits per heavy atom. The van der Waals surface area contributed by atoms with Crippen LogP contribution in [0.15, 0.2) is 206 Å². The average molecular weight is 804 g/mol. The van der Waals surface area contributed by atoms with Crippen LogP contribution < -0.4 is 4.90 Å². The zero-order valence-corrected chi connectivity index (χ0v) is 33.4. The van der Waals surface area contributed by atoms with Crippen molar-refractivity contribution in [1.29, 1.82) is 0 Å². The van der Waals surface area contributed by atoms with E-state index < -0.39 is 0 Å². The maximum Gasteiger partial charge on any atom is 0.0541 e. The Hall–Kier alpha value is -6.90. The Bertz CT molecular complexity index is 3350. The van der Waals surface area contributed by atoms with Gasteiger partial charge in [0.25, 0.3) is 0 Å². The van der Waals surface area contributed by atoms with E-state index in [9.17, 15) is 0 Å². The first-order chi connectivity index (χ1) is 28.7. The van der Waals surface area contributed by atoms with Gasteiger partial charge in [-0.25, -0.2) is 0 Å². The molecular weight excluding hydrogens is 768 g/mol. The van der Waals surface area contributed by atoms with Crippen LogP contribution >= 0.6 is 0 Å². The number of para-hydroxylation sites is 2. The van der Waals surface area contributed by atoms with Crippen molar-refractivity contribution in [2.24, 2.45) is 0 Å². The van der Waals surface area contributed by atoms with Crippen molar-refractivity contribution in [3.63, 3.8) is 0 Å². The minimum Gasteiger partial charge on any atom is -0.0602 e. The molecule has 1 aliphatic carbocycles. The quantitative estimate of drug-likeness (QED) is 0.152. The van der Waals surface area contributed by atoms with Gasteiger partial charge in [-0.1, -0.05) is 66.7 Å². The summed E-state index contributed by atoms with van der Waals surface area (Å²) in [4.78, 5) is 2.41. The summed E-state index contributed by atoms with van der Waals surface area (Å²) < 4.78 is 5.32. The molecule has 0 saturated carbocycles. The van der Waals surface area contributed by atoms with Crippen LogP contribution in [-0.4, -0.2) is 19.1 Å². The molecule has 0 saturated heterocycles. The van der Waals surface area contributed by atoms with Gasteiger partial charge in [-0.2, -0.15) is 0 Å². The topological polar surface area (TPSA) is 8.17 Å². The van der Waals surface area contributed by atoms with Crippen LogP contribution in [0.25, 0.3) is 80.2 Å². The standard InChI is InChI=1S/C55H36N2Se/c1-2-11-42(12-3-1)57-52-16-8-6-14-48(52)51-34-38(23-31-53(51)57)36-18-24-43(25-19-36)56(45-28-30-47-41(33-45)32-40-10-4-5-13-46(40)47)44-26-20-37(21-27-44)39-22-29-50-49-15-7-9-17-54(49)58-55(50)35-39/h1-31,33-35H,32H2. The molecule has 0 bridgehead atoms. The first-order valence-electron chi connectivity index (χ1n) is 20.0. The van der Waals surface area contributed by atoms with Crippen molar-refractivity contribution in [1.82, 2.24) is 4.57 Å². The van der Waals surface area contributed by atoms with Crippen LogP contribution in [0.2, 0.25) is 0 Å². The summed E-state index contributed by atoms with van der Waals surface area (Å²) in [5.41, 5.74) is 17.4. The summed E-state index contributed by atoms with van der Waals surface area (Å²) in [5.74, 6) is 0. The predicted molar refractivity (Wildman–Crippen MR) is 247 cm³/mol. The zero-order valence-electron chi connectivity index (χ0n) is 31.6. The zero-order chi connectivity index (χ0) is 38.2. The summed E-state index contributed by atoms with van der Waals surface area (Å²) in [7, 11) is 0. The Kier molecular flexibility index (Phi) is 7.66. The van der Waals surface area contributed by atoms with Gasteiger partial charge in [0.2, 0.25) is 0 Å². The van der Waals surface area contributed by atoms with Crippen LogP contribution in [0.1, 0.15) is 11.1 Å². The molecule has 1 aliphatic rings. The van der Waals surface area contributed by atoms with Gasteiger partial charge in [0, 0.05) is 16.5 Å². The molecule has 0 spiro atoms. The maximum atomic E-state index is 2.41. The minimum atomic E-state index is 0.338. The molecule has 12 rings (SSSR count). The third-order valence-corrected chi connectivity index (χ3v) is 14.4. The summed E-state index contributed by atoms with van der Waals surface area (Å²) in [6, 6.07) is 76.3. The molecule has 2 nitrogen and oxygen atoms in total. The summed E-state index contributed by atoms with van der Waals surface area (Å²) in [6.07, 6.45) is 0.956. The molecule has 58 heavy (non-hydrogen) atoms. The first kappa shape index (κ1) is 33.3. The van der Waals surface area contributed by atoms with Crippen molar-refractivity contribution >= 4 is 72.7 Å². The smallest absolute Gasteiger partial charge is 0.0541 e. The molecule has 11 aromatic rings. The molecular formula is C55H36N2Se. The predicted octanol–water partition coefficient (Wildman–Crippen LogP) is 14.5. The van der Waals surface area contributed by atoms with Crippen molar-refractivity contribution in [3.05, 3.63) is 217 Å². The second-order valence-corrected chi connectivity index (χ2v) is 17.6. The van der Waals surface area contributed by atoms with Gasteiger partial charge in [0.15, 0.2) is 0 Å². The number of fused-ring (bicyclic) bond motifs is 9. The van der Waals surface area contributed by atoms with E-state index in [2.05, 4.69) is 216 Å². The van der Waals surface area contributed by atoms with Crippen LogP contribution in [0.3, 0.4) is 0 Å². The van der Waals surface area contributed by atoms with Crippen molar-refractivity contribution < 1.29 is 0 Å². The normalized spacial score (nSPS) is 12.1. The number of nitrogens with zero attached hydrogens (tertiary/aromatic N) is 2. The van der Waals surface area contributed by atoms with Crippen LogP contribution in [0, 0.1) is 0 Å². The van der Waals surface area contributed by atoms with Gasteiger partial charge < -0.3 is 4.57 Å². The van der Waals surface area contributed by atoms with Gasteiger partial charge in [-0.3, -0.25) is 0 Å². The van der Waals surface area contributed by atoms with Crippen LogP contribution in [-0.2, 0) is 6.42 Å². The molecule has 0 amide bonds. The third kappa shape index (κ3) is 5.40. The van der Waals surface area contributed by atoms with Gasteiger partial charge >= 0.3 is 199 Å². The number of anilines is 3. The van der Waals surface area contributed by atoms with Gasteiger partial charge in [0.1, 0.15) is 0 Å². The van der Waals surface area contributed by atoms with Crippen molar-refractivity contribution in [2.45, 2.75) is 6.42 Å². The molecule has 272 valence electrons. The van der Waals surface area contributed by atoms with Gasteiger partial charge in [-0.05, 0) is 47.0 Å². The SMILES string of the molecule is c1ccc(-n2c3ccccc3c3cc(-c4ccc(N(c5ccc(-c6ccc7c(c6)[se]c6ccccc67)cc5)c5ccc6c(c5)Cc5ccccc5-6)cc4)ccc32)cc1. The van der Waals surface area contributed by atoms with Crippen molar-refractivity contribution in [2.75, 3.05) is 4.90 Å².